The van der Waals surface area contributed by atoms with Crippen molar-refractivity contribution < 1.29 is 29.4 Å². The number of allylic oxidation sites excluding steroid dienone is 2. The Morgan fingerprint density at radius 1 is 0.750 bits per heavy atom. The molecule has 8 heteroatoms. The Morgan fingerprint density at radius 2 is 1.05 bits per heavy atom. The Labute approximate surface area is 114 Å². The average molecular weight is 282 g/mol. The van der Waals surface area contributed by atoms with E-state index in [0.29, 0.717) is 12.6 Å². The number of carbonyl (C=O) groups excluding carboxylic acids is 2. The summed E-state index contributed by atoms with van der Waals surface area (Å²) in [7, 11) is 0. The van der Waals surface area contributed by atoms with Crippen molar-refractivity contribution in [3.05, 3.63) is 23.5 Å². The van der Waals surface area contributed by atoms with E-state index in [4.69, 9.17) is 10.2 Å². The molecule has 1 fully saturated rings. The highest BCUT2D eigenvalue weighted by molar-refractivity contribution is 5.91. The molecular weight excluding hydrogens is 268 g/mol. The second-order valence-electron chi connectivity index (χ2n) is 3.96. The van der Waals surface area contributed by atoms with Crippen molar-refractivity contribution in [2.75, 3.05) is 26.2 Å². The molecule has 0 atom stereocenters. The monoisotopic (exact) mass is 282 g/mol. The molecule has 1 rings (SSSR count). The minimum Gasteiger partial charge on any atom is -0.477 e. The van der Waals surface area contributed by atoms with E-state index < -0.39 is 11.9 Å². The first-order chi connectivity index (χ1) is 9.51. The van der Waals surface area contributed by atoms with Crippen LogP contribution >= 0.6 is 0 Å². The molecule has 0 aromatic rings. The fourth-order valence-corrected chi connectivity index (χ4v) is 1.94. The molecule has 20 heavy (non-hydrogen) atoms. The van der Waals surface area contributed by atoms with Gasteiger partial charge in [-0.15, -0.1) is 0 Å². The van der Waals surface area contributed by atoms with Gasteiger partial charge in [-0.3, -0.25) is 9.59 Å². The van der Waals surface area contributed by atoms with Crippen molar-refractivity contribution in [3.8, 4) is 0 Å². The van der Waals surface area contributed by atoms with Crippen molar-refractivity contribution in [3.63, 3.8) is 0 Å². The van der Waals surface area contributed by atoms with Gasteiger partial charge >= 0.3 is 11.9 Å². The highest BCUT2D eigenvalue weighted by Crippen LogP contribution is 2.13. The summed E-state index contributed by atoms with van der Waals surface area (Å²) in [6.07, 6.45) is 2.70. The third-order valence-electron chi connectivity index (χ3n) is 2.85. The van der Waals surface area contributed by atoms with Crippen molar-refractivity contribution in [2.45, 2.75) is 0 Å². The van der Waals surface area contributed by atoms with Crippen LogP contribution in [0.25, 0.3) is 0 Å². The Hall–Kier alpha value is -2.64. The second kappa shape index (κ2) is 7.07. The number of aldehydes is 2. The highest BCUT2D eigenvalue weighted by atomic mass is 16.4. The number of aliphatic carboxylic acids is 2. The minimum atomic E-state index is -1.22. The van der Waals surface area contributed by atoms with Crippen LogP contribution in [0.3, 0.4) is 0 Å². The van der Waals surface area contributed by atoms with Crippen LogP contribution in [-0.4, -0.2) is 70.7 Å². The number of carboxylic acids is 2. The number of carboxylic acid groups (broad SMARTS) is 2. The quantitative estimate of drug-likeness (QED) is 0.468. The van der Waals surface area contributed by atoms with Gasteiger partial charge in [0, 0.05) is 38.3 Å². The number of carbonyl (C=O) groups is 4. The molecule has 0 aromatic carbocycles. The Kier molecular flexibility index (Phi) is 5.45. The van der Waals surface area contributed by atoms with E-state index >= 15 is 0 Å². The zero-order valence-electron chi connectivity index (χ0n) is 10.6. The van der Waals surface area contributed by atoms with Gasteiger partial charge in [-0.2, -0.15) is 0 Å². The van der Waals surface area contributed by atoms with Crippen molar-refractivity contribution in [1.29, 1.82) is 0 Å². The van der Waals surface area contributed by atoms with Crippen molar-refractivity contribution >= 4 is 24.5 Å². The van der Waals surface area contributed by atoms with Crippen LogP contribution in [0.4, 0.5) is 0 Å². The first-order valence-corrected chi connectivity index (χ1v) is 5.78. The molecule has 2 N–H and O–H groups in total. The van der Waals surface area contributed by atoms with Gasteiger partial charge in [-0.25, -0.2) is 9.59 Å². The van der Waals surface area contributed by atoms with Gasteiger partial charge in [-0.05, 0) is 0 Å². The lowest BCUT2D eigenvalue weighted by Gasteiger charge is -2.37. The largest absolute Gasteiger partial charge is 0.477 e. The predicted molar refractivity (Wildman–Crippen MR) is 66.7 cm³/mol. The molecule has 0 spiro atoms. The lowest BCUT2D eigenvalue weighted by Crippen LogP contribution is -2.47. The zero-order chi connectivity index (χ0) is 15.1. The van der Waals surface area contributed by atoms with Crippen LogP contribution in [0.2, 0.25) is 0 Å². The lowest BCUT2D eigenvalue weighted by molar-refractivity contribution is -0.136. The smallest absolute Gasteiger partial charge is 0.352 e. The molecule has 1 heterocycles. The Bertz CT molecular complexity index is 430. The minimum absolute atomic E-state index is 0.129. The van der Waals surface area contributed by atoms with E-state index in [2.05, 4.69) is 0 Å². The number of nitrogens with zero attached hydrogens (tertiary/aromatic N) is 2. The summed E-state index contributed by atoms with van der Waals surface area (Å²) in [6, 6.07) is 0. The summed E-state index contributed by atoms with van der Waals surface area (Å²) >= 11 is 0. The predicted octanol–water partition coefficient (Wildman–Crippen LogP) is -1.06. The van der Waals surface area contributed by atoms with E-state index in [0.717, 1.165) is 12.2 Å². The normalized spacial score (nSPS) is 16.8. The van der Waals surface area contributed by atoms with Crippen LogP contribution in [0.5, 0.6) is 0 Å². The van der Waals surface area contributed by atoms with Crippen LogP contribution in [0, 0.1) is 0 Å². The molecule has 8 nitrogen and oxygen atoms in total. The summed E-state index contributed by atoms with van der Waals surface area (Å²) in [6.45, 7) is 0.982. The standard InChI is InChI=1S/C12H14N2O6/c15-7-1-9(11(17)18)13-3-5-14(6-4-13)10(2-8-16)12(19)20/h1-2,7-8H,3-6H2,(H,17,18)(H,19,20). The molecule has 0 saturated carbocycles. The Morgan fingerprint density at radius 3 is 1.25 bits per heavy atom. The molecule has 0 radical (unpaired) electrons. The molecule has 108 valence electrons. The van der Waals surface area contributed by atoms with Gasteiger partial charge in [0.1, 0.15) is 24.0 Å². The molecule has 0 bridgehead atoms. The average Bonchev–Trinajstić information content (AvgIpc) is 2.42. The molecule has 1 aliphatic rings. The maximum atomic E-state index is 11.0. The maximum Gasteiger partial charge on any atom is 0.352 e. The fraction of sp³-hybridized carbons (Fsp3) is 0.333. The van der Waals surface area contributed by atoms with E-state index in [9.17, 15) is 19.2 Å². The topological polar surface area (TPSA) is 115 Å². The number of hydrogen-bond donors (Lipinski definition) is 2. The highest BCUT2D eigenvalue weighted by Gasteiger charge is 2.25. The first kappa shape index (κ1) is 15.4. The maximum absolute atomic E-state index is 11.0. The third kappa shape index (κ3) is 3.67. The third-order valence-corrected chi connectivity index (χ3v) is 2.85. The molecule has 0 aliphatic carbocycles. The van der Waals surface area contributed by atoms with Gasteiger partial charge < -0.3 is 20.0 Å². The molecule has 0 amide bonds. The summed E-state index contributed by atoms with van der Waals surface area (Å²) in [5, 5.41) is 17.9. The van der Waals surface area contributed by atoms with Crippen molar-refractivity contribution in [1.82, 2.24) is 9.80 Å². The van der Waals surface area contributed by atoms with E-state index in [-0.39, 0.29) is 37.6 Å². The number of hydrogen-bond acceptors (Lipinski definition) is 6. The van der Waals surface area contributed by atoms with Crippen molar-refractivity contribution in [2.24, 2.45) is 0 Å². The van der Waals surface area contributed by atoms with Crippen LogP contribution < -0.4 is 0 Å². The second-order valence-corrected chi connectivity index (χ2v) is 3.96. The zero-order valence-corrected chi connectivity index (χ0v) is 10.6. The number of rotatable bonds is 6. The summed E-state index contributed by atoms with van der Waals surface area (Å²) in [4.78, 5) is 45.7. The van der Waals surface area contributed by atoms with Gasteiger partial charge in [-0.1, -0.05) is 0 Å². The lowest BCUT2D eigenvalue weighted by atomic mass is 10.2. The van der Waals surface area contributed by atoms with Gasteiger partial charge in [0.05, 0.1) is 0 Å². The molecule has 0 aromatic heterocycles. The Balaban J connectivity index is 2.77. The van der Waals surface area contributed by atoms with E-state index in [1.807, 2.05) is 0 Å². The summed E-state index contributed by atoms with van der Waals surface area (Å²) in [5.41, 5.74) is -0.258. The van der Waals surface area contributed by atoms with Crippen LogP contribution in [0.15, 0.2) is 23.5 Å². The van der Waals surface area contributed by atoms with Crippen LogP contribution in [0.1, 0.15) is 0 Å². The SMILES string of the molecule is O=CC=C(C(=O)O)N1CCN(C(=CC=O)C(=O)O)CC1. The first-order valence-electron chi connectivity index (χ1n) is 5.78. The molecular formula is C12H14N2O6. The fourth-order valence-electron chi connectivity index (χ4n) is 1.94. The van der Waals surface area contributed by atoms with Gasteiger partial charge in [0.15, 0.2) is 0 Å². The van der Waals surface area contributed by atoms with Gasteiger partial charge in [0.25, 0.3) is 0 Å². The summed E-state index contributed by atoms with van der Waals surface area (Å²) in [5.74, 6) is -2.43. The molecule has 1 aliphatic heterocycles. The van der Waals surface area contributed by atoms with E-state index in [1.165, 1.54) is 9.80 Å². The summed E-state index contributed by atoms with van der Waals surface area (Å²) < 4.78 is 0. The molecule has 0 unspecified atom stereocenters. The van der Waals surface area contributed by atoms with Crippen LogP contribution in [-0.2, 0) is 19.2 Å². The van der Waals surface area contributed by atoms with Gasteiger partial charge in [0.2, 0.25) is 0 Å². The van der Waals surface area contributed by atoms with E-state index in [1.54, 1.807) is 0 Å². The molecule has 1 saturated heterocycles. The number of piperazine rings is 1.